The first-order chi connectivity index (χ1) is 12.5. The zero-order valence-electron chi connectivity index (χ0n) is 13.6. The molecule has 0 unspecified atom stereocenters. The van der Waals surface area contributed by atoms with Gasteiger partial charge in [-0.05, 0) is 48.5 Å². The standard InChI is InChI=1S/C20H16N2O4/c23-17-7-1-13(19(25)9-17)11-21-15-3-5-16(6-4-15)22-12-14-2-8-18(24)10-20(14)26/h1-12,23-26H. The van der Waals surface area contributed by atoms with Crippen LogP contribution in [0.5, 0.6) is 23.0 Å². The summed E-state index contributed by atoms with van der Waals surface area (Å²) in [6.45, 7) is 0. The normalized spacial score (nSPS) is 11.4. The zero-order valence-corrected chi connectivity index (χ0v) is 13.6. The molecule has 0 amide bonds. The first-order valence-electron chi connectivity index (χ1n) is 7.73. The van der Waals surface area contributed by atoms with Crippen LogP contribution in [0.4, 0.5) is 11.4 Å². The fourth-order valence-electron chi connectivity index (χ4n) is 2.20. The first-order valence-corrected chi connectivity index (χ1v) is 7.73. The molecule has 0 saturated heterocycles. The Balaban J connectivity index is 1.72. The molecule has 6 heteroatoms. The van der Waals surface area contributed by atoms with Crippen LogP contribution in [0.1, 0.15) is 11.1 Å². The van der Waals surface area contributed by atoms with Gasteiger partial charge < -0.3 is 20.4 Å². The zero-order chi connectivity index (χ0) is 18.5. The van der Waals surface area contributed by atoms with Gasteiger partial charge >= 0.3 is 0 Å². The summed E-state index contributed by atoms with van der Waals surface area (Å²) in [4.78, 5) is 8.53. The Morgan fingerprint density at radius 2 is 0.923 bits per heavy atom. The van der Waals surface area contributed by atoms with Crippen LogP contribution in [-0.2, 0) is 0 Å². The topological polar surface area (TPSA) is 106 Å². The lowest BCUT2D eigenvalue weighted by molar-refractivity contribution is 0.449. The average molecular weight is 348 g/mol. The lowest BCUT2D eigenvalue weighted by Gasteiger charge is -2.00. The largest absolute Gasteiger partial charge is 0.508 e. The van der Waals surface area contributed by atoms with Crippen molar-refractivity contribution in [2.45, 2.75) is 0 Å². The Morgan fingerprint density at radius 3 is 1.27 bits per heavy atom. The smallest absolute Gasteiger partial charge is 0.128 e. The van der Waals surface area contributed by atoms with E-state index in [-0.39, 0.29) is 23.0 Å². The second kappa shape index (κ2) is 7.40. The molecule has 0 atom stereocenters. The third-order valence-corrected chi connectivity index (χ3v) is 3.58. The molecule has 0 aliphatic heterocycles. The van der Waals surface area contributed by atoms with E-state index in [1.54, 1.807) is 36.4 Å². The lowest BCUT2D eigenvalue weighted by Crippen LogP contribution is -1.82. The molecule has 0 aliphatic carbocycles. The molecular formula is C20H16N2O4. The van der Waals surface area contributed by atoms with Gasteiger partial charge in [-0.2, -0.15) is 0 Å². The van der Waals surface area contributed by atoms with Gasteiger partial charge in [0.2, 0.25) is 0 Å². The molecule has 0 aromatic heterocycles. The van der Waals surface area contributed by atoms with Crippen LogP contribution in [0.15, 0.2) is 70.6 Å². The highest BCUT2D eigenvalue weighted by Crippen LogP contribution is 2.24. The maximum atomic E-state index is 9.72. The summed E-state index contributed by atoms with van der Waals surface area (Å²) < 4.78 is 0. The monoisotopic (exact) mass is 348 g/mol. The third-order valence-electron chi connectivity index (χ3n) is 3.58. The summed E-state index contributed by atoms with van der Waals surface area (Å²) in [5, 5.41) is 38.0. The van der Waals surface area contributed by atoms with Crippen LogP contribution in [0.2, 0.25) is 0 Å². The molecule has 0 bridgehead atoms. The van der Waals surface area contributed by atoms with E-state index < -0.39 is 0 Å². The summed E-state index contributed by atoms with van der Waals surface area (Å²) >= 11 is 0. The molecule has 130 valence electrons. The molecule has 3 aromatic carbocycles. The Kier molecular flexibility index (Phi) is 4.85. The minimum Gasteiger partial charge on any atom is -0.508 e. The van der Waals surface area contributed by atoms with Crippen molar-refractivity contribution >= 4 is 23.8 Å². The van der Waals surface area contributed by atoms with E-state index in [2.05, 4.69) is 9.98 Å². The van der Waals surface area contributed by atoms with Crippen LogP contribution >= 0.6 is 0 Å². The number of aromatic hydroxyl groups is 4. The number of benzene rings is 3. The first kappa shape index (κ1) is 17.0. The van der Waals surface area contributed by atoms with E-state index >= 15 is 0 Å². The van der Waals surface area contributed by atoms with Gasteiger partial charge in [-0.3, -0.25) is 9.98 Å². The highest BCUT2D eigenvalue weighted by molar-refractivity contribution is 5.86. The fourth-order valence-corrected chi connectivity index (χ4v) is 2.20. The Hall–Kier alpha value is -3.80. The molecule has 0 fully saturated rings. The van der Waals surface area contributed by atoms with Crippen molar-refractivity contribution in [3.8, 4) is 23.0 Å². The van der Waals surface area contributed by atoms with Crippen molar-refractivity contribution in [3.05, 3.63) is 71.8 Å². The van der Waals surface area contributed by atoms with Gasteiger partial charge in [-0.1, -0.05) is 0 Å². The van der Waals surface area contributed by atoms with E-state index in [0.29, 0.717) is 22.5 Å². The molecule has 3 rings (SSSR count). The minimum atomic E-state index is -0.0522. The van der Waals surface area contributed by atoms with Crippen molar-refractivity contribution < 1.29 is 20.4 Å². The molecular weight excluding hydrogens is 332 g/mol. The molecule has 4 N–H and O–H groups in total. The van der Waals surface area contributed by atoms with Gasteiger partial charge in [0.1, 0.15) is 23.0 Å². The summed E-state index contributed by atoms with van der Waals surface area (Å²) in [5.74, 6) is -0.129. The van der Waals surface area contributed by atoms with E-state index in [1.807, 2.05) is 0 Å². The van der Waals surface area contributed by atoms with Crippen molar-refractivity contribution in [2.24, 2.45) is 9.98 Å². The van der Waals surface area contributed by atoms with Crippen LogP contribution in [-0.4, -0.2) is 32.9 Å². The molecule has 0 aliphatic rings. The van der Waals surface area contributed by atoms with Gasteiger partial charge in [0, 0.05) is 35.7 Å². The SMILES string of the molecule is Oc1ccc(C=Nc2ccc(N=Cc3ccc(O)cc3O)cc2)c(O)c1. The fraction of sp³-hybridized carbons (Fsp3) is 0. The number of phenolic OH excluding ortho intramolecular Hbond substituents is 4. The summed E-state index contributed by atoms with van der Waals surface area (Å²) in [6, 6.07) is 15.6. The van der Waals surface area contributed by atoms with E-state index in [0.717, 1.165) is 0 Å². The lowest BCUT2D eigenvalue weighted by atomic mass is 10.2. The average Bonchev–Trinajstić information content (AvgIpc) is 2.61. The quantitative estimate of drug-likeness (QED) is 0.535. The van der Waals surface area contributed by atoms with Crippen molar-refractivity contribution in [1.82, 2.24) is 0 Å². The number of rotatable bonds is 4. The highest BCUT2D eigenvalue weighted by atomic mass is 16.3. The molecule has 0 radical (unpaired) electrons. The molecule has 0 saturated carbocycles. The molecule has 0 spiro atoms. The van der Waals surface area contributed by atoms with E-state index in [1.165, 1.54) is 36.7 Å². The van der Waals surface area contributed by atoms with Crippen molar-refractivity contribution in [3.63, 3.8) is 0 Å². The van der Waals surface area contributed by atoms with Gasteiger partial charge in [-0.25, -0.2) is 0 Å². The number of aliphatic imine (C=N–C) groups is 2. The number of hydrogen-bond donors (Lipinski definition) is 4. The Morgan fingerprint density at radius 1 is 0.538 bits per heavy atom. The van der Waals surface area contributed by atoms with Gasteiger partial charge in [0.15, 0.2) is 0 Å². The number of hydrogen-bond acceptors (Lipinski definition) is 6. The van der Waals surface area contributed by atoms with Crippen LogP contribution in [0.25, 0.3) is 0 Å². The second-order valence-electron chi connectivity index (χ2n) is 5.52. The van der Waals surface area contributed by atoms with Gasteiger partial charge in [0.25, 0.3) is 0 Å². The second-order valence-corrected chi connectivity index (χ2v) is 5.52. The van der Waals surface area contributed by atoms with Crippen LogP contribution in [0, 0.1) is 0 Å². The predicted molar refractivity (Wildman–Crippen MR) is 100 cm³/mol. The maximum absolute atomic E-state index is 9.72. The van der Waals surface area contributed by atoms with Crippen LogP contribution < -0.4 is 0 Å². The minimum absolute atomic E-state index is 0.0125. The third kappa shape index (κ3) is 4.18. The van der Waals surface area contributed by atoms with E-state index in [4.69, 9.17) is 0 Å². The molecule has 26 heavy (non-hydrogen) atoms. The molecule has 3 aromatic rings. The van der Waals surface area contributed by atoms with Gasteiger partial charge in [-0.15, -0.1) is 0 Å². The predicted octanol–water partition coefficient (Wildman–Crippen LogP) is 4.01. The Bertz CT molecular complexity index is 899. The van der Waals surface area contributed by atoms with Crippen molar-refractivity contribution in [1.29, 1.82) is 0 Å². The highest BCUT2D eigenvalue weighted by Gasteiger charge is 2.00. The van der Waals surface area contributed by atoms with Gasteiger partial charge in [0.05, 0.1) is 11.4 Å². The molecule has 6 nitrogen and oxygen atoms in total. The Labute approximate surface area is 149 Å². The maximum Gasteiger partial charge on any atom is 0.128 e. The van der Waals surface area contributed by atoms with E-state index in [9.17, 15) is 20.4 Å². The number of phenols is 4. The summed E-state index contributed by atoms with van der Waals surface area (Å²) in [7, 11) is 0. The number of nitrogens with zero attached hydrogens (tertiary/aromatic N) is 2. The summed E-state index contributed by atoms with van der Waals surface area (Å²) in [5.41, 5.74) is 2.33. The van der Waals surface area contributed by atoms with Crippen molar-refractivity contribution in [2.75, 3.05) is 0 Å². The molecule has 0 heterocycles. The summed E-state index contributed by atoms with van der Waals surface area (Å²) in [6.07, 6.45) is 3.00. The van der Waals surface area contributed by atoms with Crippen LogP contribution in [0.3, 0.4) is 0 Å².